The summed E-state index contributed by atoms with van der Waals surface area (Å²) in [5.41, 5.74) is 1.21. The van der Waals surface area contributed by atoms with Crippen molar-refractivity contribution in [2.75, 3.05) is 0 Å². The summed E-state index contributed by atoms with van der Waals surface area (Å²) in [7, 11) is 0. The predicted octanol–water partition coefficient (Wildman–Crippen LogP) is 3.61. The molecule has 0 unspecified atom stereocenters. The third kappa shape index (κ3) is 4.07. The zero-order chi connectivity index (χ0) is 9.90. The van der Waals surface area contributed by atoms with E-state index in [0.717, 1.165) is 12.8 Å². The van der Waals surface area contributed by atoms with Crippen molar-refractivity contribution in [3.63, 3.8) is 0 Å². The first-order valence-electron chi connectivity index (χ1n) is 4.44. The van der Waals surface area contributed by atoms with Crippen LogP contribution in [0.15, 0.2) is 11.6 Å². The number of hydrogen-bond acceptors (Lipinski definition) is 1. The first kappa shape index (κ1) is 11.6. The highest BCUT2D eigenvalue weighted by Crippen LogP contribution is 2.33. The first-order valence-corrected chi connectivity index (χ1v) is 5.58. The zero-order valence-electron chi connectivity index (χ0n) is 7.27. The van der Waals surface area contributed by atoms with E-state index in [1.807, 2.05) is 0 Å². The highest BCUT2D eigenvalue weighted by molar-refractivity contribution is 6.68. The van der Waals surface area contributed by atoms with Gasteiger partial charge in [0.1, 0.15) is 6.10 Å². The number of allylic oxidation sites excluding steroid dienone is 1. The predicted molar refractivity (Wildman–Crippen MR) is 57.5 cm³/mol. The average Bonchev–Trinajstić information content (AvgIpc) is 2.04. The molecule has 1 atom stereocenters. The molecule has 1 aliphatic rings. The second kappa shape index (κ2) is 4.88. The largest absolute Gasteiger partial charge is 0.385 e. The van der Waals surface area contributed by atoms with Crippen molar-refractivity contribution < 1.29 is 5.11 Å². The van der Waals surface area contributed by atoms with Gasteiger partial charge in [-0.3, -0.25) is 0 Å². The molecule has 0 aliphatic heterocycles. The molecule has 0 heterocycles. The number of hydrogen-bond donors (Lipinski definition) is 1. The molecule has 0 aromatic carbocycles. The molecule has 1 saturated carbocycles. The lowest BCUT2D eigenvalue weighted by Crippen LogP contribution is -2.23. The maximum atomic E-state index is 9.47. The molecule has 4 heteroatoms. The van der Waals surface area contributed by atoms with Crippen LogP contribution in [0.4, 0.5) is 0 Å². The van der Waals surface area contributed by atoms with Crippen molar-refractivity contribution in [2.24, 2.45) is 0 Å². The van der Waals surface area contributed by atoms with Gasteiger partial charge in [0.15, 0.2) is 0 Å². The van der Waals surface area contributed by atoms with E-state index < -0.39 is 9.90 Å². The summed E-state index contributed by atoms with van der Waals surface area (Å²) in [6.07, 6.45) is 6.38. The Balaban J connectivity index is 2.53. The van der Waals surface area contributed by atoms with Crippen LogP contribution >= 0.6 is 34.8 Å². The van der Waals surface area contributed by atoms with Crippen LogP contribution in [0, 0.1) is 0 Å². The maximum Gasteiger partial charge on any atom is 0.219 e. The standard InChI is InChI=1S/C9H13Cl3O/c10-9(11,12)8(13)6-7-4-2-1-3-5-7/h6,8,13H,1-5H2/t8-/m0/s1. The number of aliphatic hydroxyl groups excluding tert-OH is 1. The lowest BCUT2D eigenvalue weighted by Gasteiger charge is -2.19. The molecule has 0 spiro atoms. The van der Waals surface area contributed by atoms with Crippen LogP contribution in [-0.4, -0.2) is 15.0 Å². The Bertz CT molecular complexity index is 188. The monoisotopic (exact) mass is 242 g/mol. The van der Waals surface area contributed by atoms with Gasteiger partial charge in [-0.25, -0.2) is 0 Å². The van der Waals surface area contributed by atoms with E-state index in [2.05, 4.69) is 0 Å². The molecule has 1 fully saturated rings. The minimum absolute atomic E-state index is 0.981. The van der Waals surface area contributed by atoms with Gasteiger partial charge in [0.2, 0.25) is 3.79 Å². The highest BCUT2D eigenvalue weighted by Gasteiger charge is 2.29. The SMILES string of the molecule is O[C@@H](C=C1CCCCC1)C(Cl)(Cl)Cl. The Morgan fingerprint density at radius 3 is 2.15 bits per heavy atom. The Hall–Kier alpha value is 0.570. The molecule has 0 saturated heterocycles. The summed E-state index contributed by atoms with van der Waals surface area (Å²) in [5.74, 6) is 0. The molecule has 0 radical (unpaired) electrons. The number of aliphatic hydroxyl groups is 1. The Morgan fingerprint density at radius 1 is 1.15 bits per heavy atom. The van der Waals surface area contributed by atoms with Crippen LogP contribution < -0.4 is 0 Å². The fraction of sp³-hybridized carbons (Fsp3) is 0.778. The van der Waals surface area contributed by atoms with Crippen LogP contribution in [0.25, 0.3) is 0 Å². The summed E-state index contributed by atoms with van der Waals surface area (Å²) < 4.78 is -1.59. The minimum Gasteiger partial charge on any atom is -0.385 e. The topological polar surface area (TPSA) is 20.2 Å². The molecular weight excluding hydrogens is 230 g/mol. The molecule has 0 aromatic heterocycles. The van der Waals surface area contributed by atoms with Gasteiger partial charge < -0.3 is 5.11 Å². The lowest BCUT2D eigenvalue weighted by atomic mass is 9.94. The van der Waals surface area contributed by atoms with Gasteiger partial charge in [0, 0.05) is 0 Å². The molecule has 1 aliphatic carbocycles. The van der Waals surface area contributed by atoms with Crippen molar-refractivity contribution in [3.05, 3.63) is 11.6 Å². The van der Waals surface area contributed by atoms with Crippen molar-refractivity contribution in [3.8, 4) is 0 Å². The molecule has 1 N–H and O–H groups in total. The number of halogens is 3. The van der Waals surface area contributed by atoms with E-state index >= 15 is 0 Å². The summed E-state index contributed by atoms with van der Waals surface area (Å²) in [4.78, 5) is 0. The van der Waals surface area contributed by atoms with E-state index in [9.17, 15) is 5.11 Å². The van der Waals surface area contributed by atoms with Gasteiger partial charge in [-0.15, -0.1) is 0 Å². The van der Waals surface area contributed by atoms with Gasteiger partial charge in [-0.1, -0.05) is 52.9 Å². The molecule has 0 amide bonds. The molecule has 0 aromatic rings. The molecule has 1 rings (SSSR count). The third-order valence-corrected chi connectivity index (χ3v) is 2.90. The fourth-order valence-corrected chi connectivity index (χ4v) is 1.68. The Kier molecular flexibility index (Phi) is 4.37. The molecule has 76 valence electrons. The second-order valence-electron chi connectivity index (χ2n) is 3.37. The van der Waals surface area contributed by atoms with Crippen molar-refractivity contribution in [1.29, 1.82) is 0 Å². The van der Waals surface area contributed by atoms with Gasteiger partial charge in [0.25, 0.3) is 0 Å². The van der Waals surface area contributed by atoms with Crippen LogP contribution in [0.1, 0.15) is 32.1 Å². The Labute approximate surface area is 93.7 Å². The van der Waals surface area contributed by atoms with Gasteiger partial charge in [-0.05, 0) is 25.7 Å². The van der Waals surface area contributed by atoms with Gasteiger partial charge >= 0.3 is 0 Å². The summed E-state index contributed by atoms with van der Waals surface area (Å²) in [6, 6.07) is 0. The summed E-state index contributed by atoms with van der Waals surface area (Å²) in [5, 5.41) is 9.47. The Morgan fingerprint density at radius 2 is 1.69 bits per heavy atom. The zero-order valence-corrected chi connectivity index (χ0v) is 9.54. The third-order valence-electron chi connectivity index (χ3n) is 2.22. The van der Waals surface area contributed by atoms with Gasteiger partial charge in [0.05, 0.1) is 0 Å². The fourth-order valence-electron chi connectivity index (χ4n) is 1.49. The van der Waals surface area contributed by atoms with E-state index in [4.69, 9.17) is 34.8 Å². The highest BCUT2D eigenvalue weighted by atomic mass is 35.6. The lowest BCUT2D eigenvalue weighted by molar-refractivity contribution is 0.226. The minimum atomic E-state index is -1.59. The smallest absolute Gasteiger partial charge is 0.219 e. The van der Waals surface area contributed by atoms with Crippen molar-refractivity contribution in [2.45, 2.75) is 42.0 Å². The summed E-state index contributed by atoms with van der Waals surface area (Å²) in [6.45, 7) is 0. The second-order valence-corrected chi connectivity index (χ2v) is 5.74. The quantitative estimate of drug-likeness (QED) is 0.551. The first-order chi connectivity index (χ1) is 6.00. The van der Waals surface area contributed by atoms with E-state index in [-0.39, 0.29) is 0 Å². The van der Waals surface area contributed by atoms with Crippen LogP contribution in [-0.2, 0) is 0 Å². The van der Waals surface area contributed by atoms with E-state index in [0.29, 0.717) is 0 Å². The molecule has 1 nitrogen and oxygen atoms in total. The van der Waals surface area contributed by atoms with Crippen molar-refractivity contribution in [1.82, 2.24) is 0 Å². The summed E-state index contributed by atoms with van der Waals surface area (Å²) >= 11 is 16.6. The van der Waals surface area contributed by atoms with Crippen LogP contribution in [0.2, 0.25) is 0 Å². The molecule has 13 heavy (non-hydrogen) atoms. The normalized spacial score (nSPS) is 21.4. The average molecular weight is 244 g/mol. The van der Waals surface area contributed by atoms with E-state index in [1.165, 1.54) is 24.8 Å². The molecular formula is C9H13Cl3O. The van der Waals surface area contributed by atoms with Crippen molar-refractivity contribution >= 4 is 34.8 Å². The van der Waals surface area contributed by atoms with Crippen LogP contribution in [0.5, 0.6) is 0 Å². The number of alkyl halides is 3. The van der Waals surface area contributed by atoms with Crippen LogP contribution in [0.3, 0.4) is 0 Å². The molecule has 0 bridgehead atoms. The number of rotatable bonds is 1. The maximum absolute atomic E-state index is 9.47. The van der Waals surface area contributed by atoms with E-state index in [1.54, 1.807) is 6.08 Å². The van der Waals surface area contributed by atoms with Gasteiger partial charge in [-0.2, -0.15) is 0 Å².